The summed E-state index contributed by atoms with van der Waals surface area (Å²) in [4.78, 5) is 0. The van der Waals surface area contributed by atoms with Crippen molar-refractivity contribution in [1.82, 2.24) is 0 Å². The molecule has 84 valence electrons. The van der Waals surface area contributed by atoms with Gasteiger partial charge in [0.2, 0.25) is 0 Å². The molecule has 0 bridgehead atoms. The van der Waals surface area contributed by atoms with E-state index < -0.39 is 0 Å². The zero-order valence-corrected chi connectivity index (χ0v) is 11.2. The van der Waals surface area contributed by atoms with Gasteiger partial charge in [-0.25, -0.2) is 0 Å². The first-order chi connectivity index (χ1) is 7.43. The lowest BCUT2D eigenvalue weighted by atomic mass is 10.2. The van der Waals surface area contributed by atoms with Crippen molar-refractivity contribution < 1.29 is 9.26 Å². The smallest absolute Gasteiger partial charge is 0.119 e. The third-order valence-electron chi connectivity index (χ3n) is 1.96. The number of halogens is 1. The number of benzene rings is 1. The molecule has 0 amide bonds. The molecule has 0 aliphatic rings. The van der Waals surface area contributed by atoms with Gasteiger partial charge >= 0.3 is 0 Å². The highest BCUT2D eigenvalue weighted by molar-refractivity contribution is 9.36. The summed E-state index contributed by atoms with van der Waals surface area (Å²) < 4.78 is 10.8. The van der Waals surface area contributed by atoms with E-state index in [0.29, 0.717) is 7.51 Å². The number of unbranched alkanes of at least 4 members (excludes halogenated alkanes) is 2. The summed E-state index contributed by atoms with van der Waals surface area (Å²) >= 11 is 3.24. The van der Waals surface area contributed by atoms with Crippen LogP contribution >= 0.6 is 23.0 Å². The number of hydrogen-bond donors (Lipinski definition) is 0. The number of para-hydroxylation sites is 1. The van der Waals surface area contributed by atoms with E-state index in [1.54, 1.807) is 0 Å². The fourth-order valence-electron chi connectivity index (χ4n) is 1.20. The van der Waals surface area contributed by atoms with Crippen molar-refractivity contribution in [3.8, 4) is 5.75 Å². The molecule has 0 saturated carbocycles. The zero-order valence-electron chi connectivity index (χ0n) is 8.62. The van der Waals surface area contributed by atoms with E-state index in [-0.39, 0.29) is 0 Å². The SMILES string of the molecule is BrPOCCCCCOc1ccccc1. The first-order valence-corrected chi connectivity index (χ1v) is 8.25. The molecule has 1 unspecified atom stereocenters. The molecule has 1 atom stereocenters. The lowest BCUT2D eigenvalue weighted by Gasteiger charge is -2.05. The molecule has 0 aliphatic heterocycles. The predicted octanol–water partition coefficient (Wildman–Crippen LogP) is 4.16. The topological polar surface area (TPSA) is 18.5 Å². The van der Waals surface area contributed by atoms with Crippen LogP contribution in [0.5, 0.6) is 5.75 Å². The number of ether oxygens (including phenoxy) is 1. The van der Waals surface area contributed by atoms with Gasteiger partial charge < -0.3 is 9.26 Å². The Morgan fingerprint density at radius 1 is 1.00 bits per heavy atom. The van der Waals surface area contributed by atoms with Crippen LogP contribution in [0.15, 0.2) is 30.3 Å². The van der Waals surface area contributed by atoms with Crippen LogP contribution in [0.1, 0.15) is 19.3 Å². The largest absolute Gasteiger partial charge is 0.494 e. The van der Waals surface area contributed by atoms with Crippen LogP contribution in [-0.4, -0.2) is 13.2 Å². The first-order valence-electron chi connectivity index (χ1n) is 5.09. The molecule has 15 heavy (non-hydrogen) atoms. The van der Waals surface area contributed by atoms with Gasteiger partial charge in [0.1, 0.15) is 5.75 Å². The first kappa shape index (κ1) is 13.0. The molecular formula is C11H16BrO2P. The van der Waals surface area contributed by atoms with Gasteiger partial charge in [0.15, 0.2) is 0 Å². The normalized spacial score (nSPS) is 11.0. The van der Waals surface area contributed by atoms with Crippen LogP contribution < -0.4 is 4.74 Å². The van der Waals surface area contributed by atoms with Crippen molar-refractivity contribution >= 4 is 23.0 Å². The van der Waals surface area contributed by atoms with E-state index in [2.05, 4.69) is 15.5 Å². The summed E-state index contributed by atoms with van der Waals surface area (Å²) in [6, 6.07) is 9.93. The quantitative estimate of drug-likeness (QED) is 0.529. The minimum absolute atomic E-state index is 0.429. The fourth-order valence-corrected chi connectivity index (χ4v) is 1.91. The second-order valence-corrected chi connectivity index (χ2v) is 4.56. The number of rotatable bonds is 8. The van der Waals surface area contributed by atoms with Crippen LogP contribution in [0.3, 0.4) is 0 Å². The summed E-state index contributed by atoms with van der Waals surface area (Å²) in [5, 5.41) is 0. The van der Waals surface area contributed by atoms with Gasteiger partial charge in [-0.1, -0.05) is 18.2 Å². The highest BCUT2D eigenvalue weighted by Gasteiger charge is 1.92. The second kappa shape index (κ2) is 9.14. The summed E-state index contributed by atoms with van der Waals surface area (Å²) in [6.07, 6.45) is 3.35. The van der Waals surface area contributed by atoms with Crippen molar-refractivity contribution in [3.63, 3.8) is 0 Å². The molecule has 0 aromatic heterocycles. The average molecular weight is 291 g/mol. The second-order valence-electron chi connectivity index (χ2n) is 3.15. The predicted molar refractivity (Wildman–Crippen MR) is 69.0 cm³/mol. The summed E-state index contributed by atoms with van der Waals surface area (Å²) in [5.74, 6) is 0.954. The molecule has 1 aromatic rings. The fraction of sp³-hybridized carbons (Fsp3) is 0.455. The highest BCUT2D eigenvalue weighted by Crippen LogP contribution is 2.20. The monoisotopic (exact) mass is 290 g/mol. The Labute approximate surface area is 101 Å². The van der Waals surface area contributed by atoms with Crippen molar-refractivity contribution in [3.05, 3.63) is 30.3 Å². The summed E-state index contributed by atoms with van der Waals surface area (Å²) in [6.45, 7) is 1.63. The van der Waals surface area contributed by atoms with Crippen LogP contribution in [0, 0.1) is 0 Å². The van der Waals surface area contributed by atoms with Gasteiger partial charge in [-0.05, 0) is 46.9 Å². The molecule has 1 rings (SSSR count). The molecule has 0 radical (unpaired) electrons. The van der Waals surface area contributed by atoms with E-state index in [9.17, 15) is 0 Å². The minimum Gasteiger partial charge on any atom is -0.494 e. The van der Waals surface area contributed by atoms with Gasteiger partial charge in [0.25, 0.3) is 0 Å². The van der Waals surface area contributed by atoms with Crippen LogP contribution in [0.25, 0.3) is 0 Å². The molecular weight excluding hydrogens is 275 g/mol. The molecule has 0 saturated heterocycles. The molecule has 0 fully saturated rings. The number of hydrogen-bond acceptors (Lipinski definition) is 2. The van der Waals surface area contributed by atoms with E-state index in [1.165, 1.54) is 0 Å². The molecule has 0 N–H and O–H groups in total. The Morgan fingerprint density at radius 3 is 2.47 bits per heavy atom. The molecule has 1 aromatic carbocycles. The third kappa shape index (κ3) is 6.88. The van der Waals surface area contributed by atoms with Gasteiger partial charge in [0.05, 0.1) is 20.7 Å². The van der Waals surface area contributed by atoms with Crippen LogP contribution in [-0.2, 0) is 4.52 Å². The van der Waals surface area contributed by atoms with Crippen molar-refractivity contribution in [2.24, 2.45) is 0 Å². The summed E-state index contributed by atoms with van der Waals surface area (Å²) in [7, 11) is 0.429. The van der Waals surface area contributed by atoms with Gasteiger partial charge in [0, 0.05) is 0 Å². The third-order valence-corrected chi connectivity index (χ3v) is 2.96. The van der Waals surface area contributed by atoms with E-state index in [1.807, 2.05) is 30.3 Å². The van der Waals surface area contributed by atoms with Crippen molar-refractivity contribution in [2.75, 3.05) is 13.2 Å². The maximum absolute atomic E-state index is 5.56. The highest BCUT2D eigenvalue weighted by atomic mass is 79.9. The lowest BCUT2D eigenvalue weighted by Crippen LogP contribution is -1.97. The minimum atomic E-state index is 0.429. The zero-order chi connectivity index (χ0) is 10.8. The van der Waals surface area contributed by atoms with E-state index >= 15 is 0 Å². The van der Waals surface area contributed by atoms with E-state index in [4.69, 9.17) is 9.26 Å². The molecule has 2 nitrogen and oxygen atoms in total. The Bertz CT molecular complexity index is 244. The van der Waals surface area contributed by atoms with Crippen LogP contribution in [0.4, 0.5) is 0 Å². The van der Waals surface area contributed by atoms with Crippen molar-refractivity contribution in [2.45, 2.75) is 19.3 Å². The molecule has 4 heteroatoms. The maximum Gasteiger partial charge on any atom is 0.119 e. The molecule has 0 heterocycles. The van der Waals surface area contributed by atoms with Gasteiger partial charge in [-0.15, -0.1) is 0 Å². The summed E-state index contributed by atoms with van der Waals surface area (Å²) in [5.41, 5.74) is 0. The Morgan fingerprint density at radius 2 is 1.73 bits per heavy atom. The lowest BCUT2D eigenvalue weighted by molar-refractivity contribution is 0.293. The van der Waals surface area contributed by atoms with E-state index in [0.717, 1.165) is 38.2 Å². The Kier molecular flexibility index (Phi) is 7.90. The van der Waals surface area contributed by atoms with Crippen molar-refractivity contribution in [1.29, 1.82) is 0 Å². The van der Waals surface area contributed by atoms with Crippen LogP contribution in [0.2, 0.25) is 0 Å². The van der Waals surface area contributed by atoms with Gasteiger partial charge in [-0.2, -0.15) is 0 Å². The molecule has 0 aliphatic carbocycles. The standard InChI is InChI=1S/C11H16BrO2P/c12-15-14-10-6-2-5-9-13-11-7-3-1-4-8-11/h1,3-4,7-8,15H,2,5-6,9-10H2. The van der Waals surface area contributed by atoms with Gasteiger partial charge in [-0.3, -0.25) is 0 Å². The Balaban J connectivity index is 1.93. The maximum atomic E-state index is 5.56. The molecule has 0 spiro atoms. The Hall–Kier alpha value is -0.110. The average Bonchev–Trinajstić information content (AvgIpc) is 2.29.